The summed E-state index contributed by atoms with van der Waals surface area (Å²) in [5.74, 6) is 0.721. The molecule has 1 heterocycles. The van der Waals surface area contributed by atoms with Gasteiger partial charge in [-0.2, -0.15) is 0 Å². The molecule has 1 aliphatic heterocycles. The van der Waals surface area contributed by atoms with Gasteiger partial charge in [0.05, 0.1) is 0 Å². The van der Waals surface area contributed by atoms with Gasteiger partial charge in [0.2, 0.25) is 11.8 Å². The predicted octanol–water partition coefficient (Wildman–Crippen LogP) is 3.75. The molecule has 3 rings (SSSR count). The van der Waals surface area contributed by atoms with Crippen LogP contribution in [0.4, 0.5) is 11.4 Å². The monoisotopic (exact) mass is 382 g/mol. The van der Waals surface area contributed by atoms with Crippen LogP contribution in [-0.4, -0.2) is 31.6 Å². The first-order valence-electron chi connectivity index (χ1n) is 9.32. The average Bonchev–Trinajstić information content (AvgIpc) is 2.65. The van der Waals surface area contributed by atoms with Crippen molar-refractivity contribution in [1.82, 2.24) is 0 Å². The number of carbonyl (C=O) groups excluding carboxylic acids is 2. The summed E-state index contributed by atoms with van der Waals surface area (Å²) >= 11 is 0. The summed E-state index contributed by atoms with van der Waals surface area (Å²) in [6.07, 6.45) is 0. The van der Waals surface area contributed by atoms with Gasteiger partial charge in [-0.25, -0.2) is 0 Å². The van der Waals surface area contributed by atoms with Gasteiger partial charge < -0.3 is 19.7 Å². The molecular weight excluding hydrogens is 356 g/mol. The Morgan fingerprint density at radius 1 is 1.00 bits per heavy atom. The Morgan fingerprint density at radius 3 is 2.25 bits per heavy atom. The third-order valence-corrected chi connectivity index (χ3v) is 4.55. The number of carbonyl (C=O) groups is 2. The Hall–Kier alpha value is -3.02. The van der Waals surface area contributed by atoms with E-state index in [1.54, 1.807) is 18.2 Å². The normalized spacial score (nSPS) is 13.0. The second-order valence-electron chi connectivity index (χ2n) is 7.81. The van der Waals surface area contributed by atoms with Crippen molar-refractivity contribution in [1.29, 1.82) is 0 Å². The second kappa shape index (κ2) is 7.92. The molecule has 0 radical (unpaired) electrons. The van der Waals surface area contributed by atoms with Crippen molar-refractivity contribution in [2.24, 2.45) is 0 Å². The molecular formula is C22H26N2O4. The van der Waals surface area contributed by atoms with Crippen molar-refractivity contribution in [3.05, 3.63) is 48.0 Å². The summed E-state index contributed by atoms with van der Waals surface area (Å²) in [4.78, 5) is 26.1. The molecule has 1 N–H and O–H groups in total. The average molecular weight is 382 g/mol. The molecule has 2 aromatic carbocycles. The maximum absolute atomic E-state index is 12.5. The molecule has 0 spiro atoms. The van der Waals surface area contributed by atoms with E-state index in [1.807, 2.05) is 24.3 Å². The smallest absolute Gasteiger partial charge is 0.244 e. The lowest BCUT2D eigenvalue weighted by atomic mass is 9.87. The predicted molar refractivity (Wildman–Crippen MR) is 109 cm³/mol. The highest BCUT2D eigenvalue weighted by molar-refractivity contribution is 6.02. The minimum atomic E-state index is -0.270. The molecule has 0 aromatic heterocycles. The Labute approximate surface area is 165 Å². The van der Waals surface area contributed by atoms with Crippen LogP contribution in [-0.2, 0) is 15.0 Å². The van der Waals surface area contributed by atoms with Crippen LogP contribution in [0.2, 0.25) is 0 Å². The van der Waals surface area contributed by atoms with Crippen molar-refractivity contribution in [3.63, 3.8) is 0 Å². The van der Waals surface area contributed by atoms with E-state index in [4.69, 9.17) is 9.47 Å². The molecule has 6 nitrogen and oxygen atoms in total. The van der Waals surface area contributed by atoms with E-state index in [0.717, 1.165) is 0 Å². The summed E-state index contributed by atoms with van der Waals surface area (Å²) in [7, 11) is 0. The van der Waals surface area contributed by atoms with E-state index in [9.17, 15) is 9.59 Å². The second-order valence-corrected chi connectivity index (χ2v) is 7.81. The summed E-state index contributed by atoms with van der Waals surface area (Å²) in [5, 5.41) is 2.85. The molecule has 2 aromatic rings. The molecule has 0 saturated heterocycles. The van der Waals surface area contributed by atoms with Gasteiger partial charge in [0.25, 0.3) is 0 Å². The van der Waals surface area contributed by atoms with Gasteiger partial charge in [-0.3, -0.25) is 9.59 Å². The fourth-order valence-electron chi connectivity index (χ4n) is 2.98. The largest absolute Gasteiger partial charge is 0.486 e. The highest BCUT2D eigenvalue weighted by Crippen LogP contribution is 2.34. The van der Waals surface area contributed by atoms with Crippen molar-refractivity contribution in [2.75, 3.05) is 30.0 Å². The van der Waals surface area contributed by atoms with Crippen molar-refractivity contribution >= 4 is 23.2 Å². The van der Waals surface area contributed by atoms with Crippen molar-refractivity contribution in [2.45, 2.75) is 33.1 Å². The van der Waals surface area contributed by atoms with Crippen LogP contribution < -0.4 is 19.7 Å². The number of hydrogen-bond donors (Lipinski definition) is 1. The van der Waals surface area contributed by atoms with Gasteiger partial charge in [-0.05, 0) is 35.2 Å². The van der Waals surface area contributed by atoms with E-state index in [0.29, 0.717) is 36.1 Å². The topological polar surface area (TPSA) is 67.9 Å². The third-order valence-electron chi connectivity index (χ3n) is 4.55. The Balaban J connectivity index is 1.70. The molecule has 0 atom stereocenters. The number of nitrogens with one attached hydrogen (secondary N) is 1. The van der Waals surface area contributed by atoms with Crippen LogP contribution in [0.25, 0.3) is 0 Å². The fraction of sp³-hybridized carbons (Fsp3) is 0.364. The third kappa shape index (κ3) is 4.63. The summed E-state index contributed by atoms with van der Waals surface area (Å²) in [6, 6.07) is 13.0. The highest BCUT2D eigenvalue weighted by Gasteiger charge is 2.20. The number of fused-ring (bicyclic) bond motifs is 1. The fourth-order valence-corrected chi connectivity index (χ4v) is 2.98. The van der Waals surface area contributed by atoms with Crippen LogP contribution >= 0.6 is 0 Å². The van der Waals surface area contributed by atoms with E-state index in [-0.39, 0.29) is 23.8 Å². The minimum Gasteiger partial charge on any atom is -0.486 e. The minimum absolute atomic E-state index is 0.0478. The molecule has 0 fully saturated rings. The first-order valence-corrected chi connectivity index (χ1v) is 9.32. The van der Waals surface area contributed by atoms with Crippen LogP contribution in [0.1, 0.15) is 33.3 Å². The molecule has 6 heteroatoms. The summed E-state index contributed by atoms with van der Waals surface area (Å²) in [6.45, 7) is 8.72. The zero-order valence-corrected chi connectivity index (χ0v) is 16.7. The number of hydrogen-bond acceptors (Lipinski definition) is 4. The van der Waals surface area contributed by atoms with Crippen molar-refractivity contribution in [3.8, 4) is 11.5 Å². The van der Waals surface area contributed by atoms with Gasteiger partial charge >= 0.3 is 0 Å². The summed E-state index contributed by atoms with van der Waals surface area (Å²) < 4.78 is 11.1. The molecule has 1 aliphatic rings. The molecule has 0 saturated carbocycles. The van der Waals surface area contributed by atoms with Crippen LogP contribution in [0.15, 0.2) is 42.5 Å². The van der Waals surface area contributed by atoms with Crippen LogP contribution in [0.3, 0.4) is 0 Å². The molecule has 0 unspecified atom stereocenters. The number of rotatable bonds is 4. The standard InChI is InChI=1S/C22H26N2O4/c1-15(25)24(18-9-10-19-20(13-18)28-12-11-27-19)14-21(26)23-17-7-5-16(6-8-17)22(2,3)4/h5-10,13H,11-12,14H2,1-4H3,(H,23,26). The number of anilines is 2. The maximum Gasteiger partial charge on any atom is 0.244 e. The SMILES string of the molecule is CC(=O)N(CC(=O)Nc1ccc(C(C)(C)C)cc1)c1ccc2c(c1)OCCO2. The Bertz CT molecular complexity index is 869. The zero-order chi connectivity index (χ0) is 20.3. The Morgan fingerprint density at radius 2 is 1.64 bits per heavy atom. The van der Waals surface area contributed by atoms with Gasteiger partial charge in [0.1, 0.15) is 19.8 Å². The van der Waals surface area contributed by atoms with E-state index in [2.05, 4.69) is 26.1 Å². The van der Waals surface area contributed by atoms with Crippen LogP contribution in [0.5, 0.6) is 11.5 Å². The number of nitrogens with zero attached hydrogens (tertiary/aromatic N) is 1. The Kier molecular flexibility index (Phi) is 5.58. The van der Waals surface area contributed by atoms with Gasteiger partial charge in [0.15, 0.2) is 11.5 Å². The lowest BCUT2D eigenvalue weighted by Crippen LogP contribution is -2.36. The number of ether oxygens (including phenoxy) is 2. The molecule has 148 valence electrons. The van der Waals surface area contributed by atoms with Gasteiger partial charge in [-0.1, -0.05) is 32.9 Å². The first-order chi connectivity index (χ1) is 13.2. The van der Waals surface area contributed by atoms with Crippen molar-refractivity contribution < 1.29 is 19.1 Å². The highest BCUT2D eigenvalue weighted by atomic mass is 16.6. The van der Waals surface area contributed by atoms with E-state index in [1.165, 1.54) is 17.4 Å². The molecule has 0 bridgehead atoms. The first kappa shape index (κ1) is 19.7. The molecule has 2 amide bonds. The zero-order valence-electron chi connectivity index (χ0n) is 16.7. The van der Waals surface area contributed by atoms with Gasteiger partial charge in [0, 0.05) is 24.4 Å². The maximum atomic E-state index is 12.5. The van der Waals surface area contributed by atoms with E-state index < -0.39 is 0 Å². The quantitative estimate of drug-likeness (QED) is 0.875. The lowest BCUT2D eigenvalue weighted by molar-refractivity contribution is -0.120. The van der Waals surface area contributed by atoms with E-state index >= 15 is 0 Å². The number of benzene rings is 2. The summed E-state index contributed by atoms with van der Waals surface area (Å²) in [5.41, 5.74) is 2.53. The molecule has 0 aliphatic carbocycles. The number of amides is 2. The van der Waals surface area contributed by atoms with Gasteiger partial charge in [-0.15, -0.1) is 0 Å². The lowest BCUT2D eigenvalue weighted by Gasteiger charge is -2.24. The van der Waals surface area contributed by atoms with Crippen LogP contribution in [0, 0.1) is 0 Å². The molecule has 28 heavy (non-hydrogen) atoms.